The van der Waals surface area contributed by atoms with Crippen LogP contribution in [0.3, 0.4) is 0 Å². The van der Waals surface area contributed by atoms with Gasteiger partial charge in [0.2, 0.25) is 0 Å². The first kappa shape index (κ1) is 13.1. The molecule has 0 unspecified atom stereocenters. The van der Waals surface area contributed by atoms with Gasteiger partial charge in [-0.2, -0.15) is 0 Å². The molecule has 1 heterocycles. The largest absolute Gasteiger partial charge is 0.467 e. The lowest BCUT2D eigenvalue weighted by atomic mass is 10.1. The molecule has 2 aromatic rings. The van der Waals surface area contributed by atoms with Gasteiger partial charge in [-0.1, -0.05) is 12.1 Å². The summed E-state index contributed by atoms with van der Waals surface area (Å²) in [4.78, 5) is 11.3. The van der Waals surface area contributed by atoms with E-state index in [-0.39, 0.29) is 0 Å². The lowest BCUT2D eigenvalue weighted by Crippen LogP contribution is -2.29. The molecule has 0 fully saturated rings. The van der Waals surface area contributed by atoms with Crippen molar-refractivity contribution < 1.29 is 9.21 Å². The average molecular weight is 275 g/mol. The molecule has 0 aliphatic carbocycles. The molecule has 2 rings (SSSR count). The zero-order valence-corrected chi connectivity index (χ0v) is 10.9. The predicted octanol–water partition coefficient (Wildman–Crippen LogP) is 1.87. The number of amides is 1. The topological polar surface area (TPSA) is 80.3 Å². The molecule has 5 nitrogen and oxygen atoms in total. The highest BCUT2D eigenvalue weighted by atomic mass is 32.1. The quantitative estimate of drug-likeness (QED) is 0.742. The van der Waals surface area contributed by atoms with Gasteiger partial charge in [-0.05, 0) is 36.5 Å². The van der Waals surface area contributed by atoms with E-state index in [9.17, 15) is 4.79 Å². The maximum absolute atomic E-state index is 11.3. The Morgan fingerprint density at radius 1 is 1.26 bits per heavy atom. The van der Waals surface area contributed by atoms with Gasteiger partial charge in [0, 0.05) is 0 Å². The second-order valence-corrected chi connectivity index (χ2v) is 4.21. The van der Waals surface area contributed by atoms with Crippen LogP contribution in [0.4, 0.5) is 5.69 Å². The van der Waals surface area contributed by atoms with Crippen LogP contribution in [0.5, 0.6) is 0 Å². The van der Waals surface area contributed by atoms with E-state index in [0.717, 1.165) is 5.76 Å². The highest BCUT2D eigenvalue weighted by Gasteiger charge is 2.08. The highest BCUT2D eigenvalue weighted by Crippen LogP contribution is 2.14. The smallest absolute Gasteiger partial charge is 0.250 e. The first-order valence-corrected chi connectivity index (χ1v) is 6.03. The van der Waals surface area contributed by atoms with Crippen molar-refractivity contribution in [2.45, 2.75) is 6.54 Å². The summed E-state index contributed by atoms with van der Waals surface area (Å²) in [6, 6.07) is 10.6. The monoisotopic (exact) mass is 275 g/mol. The lowest BCUT2D eigenvalue weighted by molar-refractivity contribution is 0.100. The molecule has 6 heteroatoms. The van der Waals surface area contributed by atoms with Gasteiger partial charge in [0.05, 0.1) is 24.1 Å². The molecule has 0 radical (unpaired) electrons. The maximum Gasteiger partial charge on any atom is 0.250 e. The van der Waals surface area contributed by atoms with E-state index in [0.29, 0.717) is 22.9 Å². The highest BCUT2D eigenvalue weighted by molar-refractivity contribution is 7.80. The summed E-state index contributed by atoms with van der Waals surface area (Å²) in [7, 11) is 0. The molecule has 0 saturated carbocycles. The van der Waals surface area contributed by atoms with E-state index in [1.54, 1.807) is 36.6 Å². The number of thiocarbonyl (C=S) groups is 1. The minimum Gasteiger partial charge on any atom is -0.467 e. The van der Waals surface area contributed by atoms with Gasteiger partial charge in [0.1, 0.15) is 5.76 Å². The van der Waals surface area contributed by atoms with Crippen LogP contribution in [0.25, 0.3) is 0 Å². The molecule has 1 aromatic heterocycles. The minimum absolute atomic E-state index is 0.393. The molecule has 0 spiro atoms. The summed E-state index contributed by atoms with van der Waals surface area (Å²) >= 11 is 5.14. The number of carbonyl (C=O) groups excluding carboxylic acids is 1. The number of benzene rings is 1. The van der Waals surface area contributed by atoms with Crippen molar-refractivity contribution >= 4 is 28.9 Å². The fourth-order valence-electron chi connectivity index (χ4n) is 1.55. The Morgan fingerprint density at radius 3 is 2.74 bits per heavy atom. The van der Waals surface area contributed by atoms with E-state index >= 15 is 0 Å². The third-order valence-corrected chi connectivity index (χ3v) is 2.69. The Balaban J connectivity index is 1.97. The average Bonchev–Trinajstić information content (AvgIpc) is 2.90. The number of para-hydroxylation sites is 1. The summed E-state index contributed by atoms with van der Waals surface area (Å²) < 4.78 is 5.17. The number of carbonyl (C=O) groups is 1. The van der Waals surface area contributed by atoms with Crippen molar-refractivity contribution in [3.05, 3.63) is 54.0 Å². The van der Waals surface area contributed by atoms with Gasteiger partial charge in [-0.15, -0.1) is 0 Å². The number of hydrogen-bond donors (Lipinski definition) is 3. The number of hydrogen-bond acceptors (Lipinski definition) is 3. The van der Waals surface area contributed by atoms with E-state index in [2.05, 4.69) is 10.6 Å². The summed E-state index contributed by atoms with van der Waals surface area (Å²) in [5.41, 5.74) is 6.25. The van der Waals surface area contributed by atoms with E-state index < -0.39 is 5.91 Å². The molecule has 0 atom stereocenters. The van der Waals surface area contributed by atoms with Crippen LogP contribution in [-0.2, 0) is 6.54 Å². The summed E-state index contributed by atoms with van der Waals surface area (Å²) in [5.74, 6) is 0.268. The van der Waals surface area contributed by atoms with Crippen molar-refractivity contribution in [3.63, 3.8) is 0 Å². The van der Waals surface area contributed by atoms with Crippen molar-refractivity contribution in [2.75, 3.05) is 5.32 Å². The van der Waals surface area contributed by atoms with E-state index in [1.165, 1.54) is 0 Å². The molecule has 0 saturated heterocycles. The third-order valence-electron chi connectivity index (χ3n) is 2.44. The Labute approximate surface area is 115 Å². The van der Waals surface area contributed by atoms with Crippen molar-refractivity contribution in [2.24, 2.45) is 5.73 Å². The fourth-order valence-corrected chi connectivity index (χ4v) is 1.74. The van der Waals surface area contributed by atoms with Gasteiger partial charge in [0.25, 0.3) is 5.91 Å². The molecular weight excluding hydrogens is 262 g/mol. The molecule has 19 heavy (non-hydrogen) atoms. The second kappa shape index (κ2) is 6.01. The summed E-state index contributed by atoms with van der Waals surface area (Å²) in [6.07, 6.45) is 1.59. The number of furan rings is 1. The third kappa shape index (κ3) is 3.56. The minimum atomic E-state index is -0.503. The van der Waals surface area contributed by atoms with Crippen LogP contribution in [0, 0.1) is 0 Å². The van der Waals surface area contributed by atoms with Gasteiger partial charge in [-0.25, -0.2) is 0 Å². The van der Waals surface area contributed by atoms with Crippen LogP contribution < -0.4 is 16.4 Å². The van der Waals surface area contributed by atoms with Crippen molar-refractivity contribution in [1.29, 1.82) is 0 Å². The van der Waals surface area contributed by atoms with Gasteiger partial charge >= 0.3 is 0 Å². The van der Waals surface area contributed by atoms with Gasteiger partial charge < -0.3 is 20.8 Å². The van der Waals surface area contributed by atoms with Crippen LogP contribution in [0.2, 0.25) is 0 Å². The molecule has 1 aromatic carbocycles. The standard InChI is InChI=1S/C13H13N3O2S/c14-12(17)10-5-1-2-6-11(10)16-13(19)15-8-9-4-3-7-18-9/h1-7H,8H2,(H2,14,17)(H2,15,16,19). The number of primary amides is 1. The molecule has 0 aliphatic heterocycles. The number of nitrogens with one attached hydrogen (secondary N) is 2. The Kier molecular flexibility index (Phi) is 4.15. The van der Waals surface area contributed by atoms with Crippen molar-refractivity contribution in [3.8, 4) is 0 Å². The lowest BCUT2D eigenvalue weighted by Gasteiger charge is -2.11. The van der Waals surface area contributed by atoms with E-state index in [4.69, 9.17) is 22.4 Å². The molecule has 0 aliphatic rings. The SMILES string of the molecule is NC(=O)c1ccccc1NC(=S)NCc1ccco1. The zero-order chi connectivity index (χ0) is 13.7. The molecule has 4 N–H and O–H groups in total. The van der Waals surface area contributed by atoms with Crippen LogP contribution in [0.1, 0.15) is 16.1 Å². The molecule has 1 amide bonds. The number of nitrogens with two attached hydrogens (primary N) is 1. The second-order valence-electron chi connectivity index (χ2n) is 3.80. The first-order chi connectivity index (χ1) is 9.16. The van der Waals surface area contributed by atoms with Crippen molar-refractivity contribution in [1.82, 2.24) is 5.32 Å². The maximum atomic E-state index is 11.3. The fraction of sp³-hybridized carbons (Fsp3) is 0.0769. The normalized spacial score (nSPS) is 9.89. The molecule has 0 bridgehead atoms. The van der Waals surface area contributed by atoms with Crippen LogP contribution >= 0.6 is 12.2 Å². The number of anilines is 1. The Morgan fingerprint density at radius 2 is 2.05 bits per heavy atom. The van der Waals surface area contributed by atoms with Crippen LogP contribution in [0.15, 0.2) is 47.1 Å². The molecule has 98 valence electrons. The predicted molar refractivity (Wildman–Crippen MR) is 76.7 cm³/mol. The van der Waals surface area contributed by atoms with Crippen LogP contribution in [-0.4, -0.2) is 11.0 Å². The zero-order valence-electron chi connectivity index (χ0n) is 10.1. The Hall–Kier alpha value is -2.34. The number of rotatable bonds is 4. The summed E-state index contributed by atoms with van der Waals surface area (Å²) in [6.45, 7) is 0.470. The summed E-state index contributed by atoms with van der Waals surface area (Å²) in [5, 5.41) is 6.30. The van der Waals surface area contributed by atoms with Gasteiger partial charge in [0.15, 0.2) is 5.11 Å². The van der Waals surface area contributed by atoms with E-state index in [1.807, 2.05) is 6.07 Å². The van der Waals surface area contributed by atoms with Gasteiger partial charge in [-0.3, -0.25) is 4.79 Å². The first-order valence-electron chi connectivity index (χ1n) is 5.63. The Bertz CT molecular complexity index is 581. The molecular formula is C13H13N3O2S.